The predicted molar refractivity (Wildman–Crippen MR) is 325 cm³/mol. The number of rotatable bonds is 60. The van der Waals surface area contributed by atoms with E-state index in [0.717, 1.165) is 96.3 Å². The summed E-state index contributed by atoms with van der Waals surface area (Å²) in [5.41, 5.74) is 0. The Kier molecular flexibility index (Phi) is 61.2. The molecule has 0 fully saturated rings. The van der Waals surface area contributed by atoms with Crippen molar-refractivity contribution in [3.63, 3.8) is 0 Å². The SMILES string of the molecule is CCC/C=C\C/C=C\CCCCCCCC(=O)OCC(COC(=O)CCCCCCCCCCCC/C=C\C/C=C\C/C=C\CCCCCCC)OC(=O)CCCCCCCCCCCCCCCCCCCCC. The van der Waals surface area contributed by atoms with Gasteiger partial charge in [0.25, 0.3) is 0 Å². The average Bonchev–Trinajstić information content (AvgIpc) is 3.41. The standard InChI is InChI=1S/C69H124O6/c1-4-7-10-13-16-19-22-25-27-29-31-32-33-34-35-36-38-39-41-44-47-50-53-56-59-62-68(71)74-65-66(64-73-67(70)61-58-55-52-49-46-43-24-21-18-15-12-9-6-3)75-69(72)63-60-57-54-51-48-45-42-40-37-30-28-26-23-20-17-14-11-8-5-2/h12,15,21-22,24-25,29,31,33-34,66H,4-11,13-14,16-20,23,26-28,30,32,35-65H2,1-3H3/b15-12-,24-21-,25-22-,31-29-,34-33-. The van der Waals surface area contributed by atoms with Gasteiger partial charge in [-0.05, 0) is 83.5 Å². The Bertz CT molecular complexity index is 1340. The van der Waals surface area contributed by atoms with Crippen molar-refractivity contribution in [2.45, 2.75) is 348 Å². The number of hydrogen-bond donors (Lipinski definition) is 0. The van der Waals surface area contributed by atoms with Crippen molar-refractivity contribution in [1.29, 1.82) is 0 Å². The van der Waals surface area contributed by atoms with Crippen molar-refractivity contribution in [3.8, 4) is 0 Å². The van der Waals surface area contributed by atoms with Crippen molar-refractivity contribution in [2.75, 3.05) is 13.2 Å². The van der Waals surface area contributed by atoms with Gasteiger partial charge in [-0.3, -0.25) is 14.4 Å². The fourth-order valence-electron chi connectivity index (χ4n) is 9.55. The molecular weight excluding hydrogens is 925 g/mol. The minimum atomic E-state index is -0.781. The molecule has 0 radical (unpaired) electrons. The lowest BCUT2D eigenvalue weighted by Crippen LogP contribution is -2.30. The Labute approximate surface area is 466 Å². The Morgan fingerprint density at radius 3 is 0.800 bits per heavy atom. The Hall–Kier alpha value is -2.89. The first-order valence-corrected chi connectivity index (χ1v) is 32.8. The Morgan fingerprint density at radius 2 is 0.507 bits per heavy atom. The summed E-state index contributed by atoms with van der Waals surface area (Å²) in [5.74, 6) is -0.877. The molecule has 0 aliphatic carbocycles. The number of hydrogen-bond acceptors (Lipinski definition) is 6. The monoisotopic (exact) mass is 1050 g/mol. The van der Waals surface area contributed by atoms with Crippen LogP contribution in [0.1, 0.15) is 342 Å². The Balaban J connectivity index is 4.29. The van der Waals surface area contributed by atoms with E-state index >= 15 is 0 Å². The molecule has 0 saturated carbocycles. The largest absolute Gasteiger partial charge is 0.462 e. The average molecular weight is 1050 g/mol. The van der Waals surface area contributed by atoms with Crippen LogP contribution in [0.25, 0.3) is 0 Å². The lowest BCUT2D eigenvalue weighted by atomic mass is 10.0. The summed E-state index contributed by atoms with van der Waals surface area (Å²) in [6.45, 7) is 6.60. The van der Waals surface area contributed by atoms with Crippen molar-refractivity contribution in [2.24, 2.45) is 0 Å². The van der Waals surface area contributed by atoms with Crippen LogP contribution in [0, 0.1) is 0 Å². The zero-order valence-electron chi connectivity index (χ0n) is 50.1. The number of unbranched alkanes of at least 4 members (excludes halogenated alkanes) is 39. The molecule has 0 aromatic heterocycles. The van der Waals surface area contributed by atoms with Crippen LogP contribution in [0.4, 0.5) is 0 Å². The summed E-state index contributed by atoms with van der Waals surface area (Å²) in [5, 5.41) is 0. The van der Waals surface area contributed by atoms with E-state index in [1.165, 1.54) is 205 Å². The number of carbonyl (C=O) groups is 3. The maximum Gasteiger partial charge on any atom is 0.306 e. The molecular formula is C69H124O6. The molecule has 0 aliphatic heterocycles. The molecule has 436 valence electrons. The van der Waals surface area contributed by atoms with Crippen molar-refractivity contribution >= 4 is 17.9 Å². The first kappa shape index (κ1) is 72.1. The molecule has 6 heteroatoms. The van der Waals surface area contributed by atoms with Gasteiger partial charge in [0.1, 0.15) is 13.2 Å². The van der Waals surface area contributed by atoms with Gasteiger partial charge in [-0.15, -0.1) is 0 Å². The van der Waals surface area contributed by atoms with Crippen LogP contribution >= 0.6 is 0 Å². The summed E-state index contributed by atoms with van der Waals surface area (Å²) >= 11 is 0. The van der Waals surface area contributed by atoms with Crippen molar-refractivity contribution in [3.05, 3.63) is 60.8 Å². The first-order valence-electron chi connectivity index (χ1n) is 32.8. The van der Waals surface area contributed by atoms with Crippen LogP contribution in [0.5, 0.6) is 0 Å². The topological polar surface area (TPSA) is 78.9 Å². The summed E-state index contributed by atoms with van der Waals surface area (Å²) in [6.07, 6.45) is 80.9. The lowest BCUT2D eigenvalue weighted by Gasteiger charge is -2.18. The van der Waals surface area contributed by atoms with E-state index in [-0.39, 0.29) is 31.1 Å². The van der Waals surface area contributed by atoms with E-state index in [2.05, 4.69) is 81.5 Å². The molecule has 0 aliphatic rings. The highest BCUT2D eigenvalue weighted by Crippen LogP contribution is 2.17. The molecule has 0 saturated heterocycles. The molecule has 0 heterocycles. The third-order valence-electron chi connectivity index (χ3n) is 14.5. The maximum absolute atomic E-state index is 12.9. The van der Waals surface area contributed by atoms with Gasteiger partial charge in [0.05, 0.1) is 0 Å². The lowest BCUT2D eigenvalue weighted by molar-refractivity contribution is -0.167. The number of esters is 3. The van der Waals surface area contributed by atoms with Gasteiger partial charge in [-0.2, -0.15) is 0 Å². The van der Waals surface area contributed by atoms with E-state index in [1.54, 1.807) is 0 Å². The highest BCUT2D eigenvalue weighted by atomic mass is 16.6. The normalized spacial score (nSPS) is 12.4. The van der Waals surface area contributed by atoms with Gasteiger partial charge in [0.2, 0.25) is 0 Å². The summed E-state index contributed by atoms with van der Waals surface area (Å²) in [6, 6.07) is 0. The fraction of sp³-hybridized carbons (Fsp3) is 0.812. The van der Waals surface area contributed by atoms with Crippen LogP contribution in [-0.2, 0) is 28.6 Å². The second kappa shape index (κ2) is 63.6. The molecule has 0 amide bonds. The third-order valence-corrected chi connectivity index (χ3v) is 14.5. The van der Waals surface area contributed by atoms with E-state index in [9.17, 15) is 14.4 Å². The Morgan fingerprint density at radius 1 is 0.267 bits per heavy atom. The molecule has 0 aromatic carbocycles. The zero-order chi connectivity index (χ0) is 54.3. The summed E-state index contributed by atoms with van der Waals surface area (Å²) in [7, 11) is 0. The molecule has 0 bridgehead atoms. The molecule has 1 atom stereocenters. The summed E-state index contributed by atoms with van der Waals surface area (Å²) in [4.78, 5) is 38.3. The third kappa shape index (κ3) is 61.8. The maximum atomic E-state index is 12.9. The van der Waals surface area contributed by atoms with Gasteiger partial charge in [0, 0.05) is 19.3 Å². The second-order valence-electron chi connectivity index (χ2n) is 22.0. The number of allylic oxidation sites excluding steroid dienone is 10. The van der Waals surface area contributed by atoms with Gasteiger partial charge in [0.15, 0.2) is 6.10 Å². The highest BCUT2D eigenvalue weighted by Gasteiger charge is 2.19. The predicted octanol–water partition coefficient (Wildman–Crippen LogP) is 22.3. The smallest absolute Gasteiger partial charge is 0.306 e. The van der Waals surface area contributed by atoms with Crippen molar-refractivity contribution in [1.82, 2.24) is 0 Å². The summed E-state index contributed by atoms with van der Waals surface area (Å²) < 4.78 is 16.9. The van der Waals surface area contributed by atoms with Crippen LogP contribution in [0.3, 0.4) is 0 Å². The minimum absolute atomic E-state index is 0.0778. The van der Waals surface area contributed by atoms with Crippen LogP contribution in [0.2, 0.25) is 0 Å². The van der Waals surface area contributed by atoms with E-state index in [4.69, 9.17) is 14.2 Å². The van der Waals surface area contributed by atoms with Crippen molar-refractivity contribution < 1.29 is 28.6 Å². The molecule has 0 N–H and O–H groups in total. The van der Waals surface area contributed by atoms with Gasteiger partial charge in [-0.1, -0.05) is 300 Å². The van der Waals surface area contributed by atoms with Gasteiger partial charge < -0.3 is 14.2 Å². The minimum Gasteiger partial charge on any atom is -0.462 e. The van der Waals surface area contributed by atoms with Gasteiger partial charge in [-0.25, -0.2) is 0 Å². The van der Waals surface area contributed by atoms with E-state index in [1.807, 2.05) is 0 Å². The zero-order valence-corrected chi connectivity index (χ0v) is 50.1. The van der Waals surface area contributed by atoms with E-state index in [0.29, 0.717) is 19.3 Å². The van der Waals surface area contributed by atoms with Crippen LogP contribution in [-0.4, -0.2) is 37.2 Å². The number of ether oxygens (including phenoxy) is 3. The molecule has 0 spiro atoms. The van der Waals surface area contributed by atoms with Crippen LogP contribution in [0.15, 0.2) is 60.8 Å². The molecule has 0 aromatic rings. The van der Waals surface area contributed by atoms with Crippen LogP contribution < -0.4 is 0 Å². The molecule has 75 heavy (non-hydrogen) atoms. The highest BCUT2D eigenvalue weighted by molar-refractivity contribution is 5.71. The van der Waals surface area contributed by atoms with E-state index < -0.39 is 6.10 Å². The molecule has 1 unspecified atom stereocenters. The first-order chi connectivity index (χ1) is 37.0. The second-order valence-corrected chi connectivity index (χ2v) is 22.0. The molecule has 6 nitrogen and oxygen atoms in total. The number of carbonyl (C=O) groups excluding carboxylic acids is 3. The quantitative estimate of drug-likeness (QED) is 0.0261. The molecule has 0 rings (SSSR count). The van der Waals surface area contributed by atoms with Gasteiger partial charge >= 0.3 is 17.9 Å². The fourth-order valence-corrected chi connectivity index (χ4v) is 9.55.